The number of carbonyl (C=O) groups is 1. The fourth-order valence-corrected chi connectivity index (χ4v) is 3.10. The quantitative estimate of drug-likeness (QED) is 0.856. The highest BCUT2D eigenvalue weighted by atomic mass is 79.9. The Balaban J connectivity index is 1.90. The van der Waals surface area contributed by atoms with Gasteiger partial charge in [0.2, 0.25) is 0 Å². The highest BCUT2D eigenvalue weighted by Gasteiger charge is 2.28. The summed E-state index contributed by atoms with van der Waals surface area (Å²) in [5.74, 6) is 0.516. The van der Waals surface area contributed by atoms with Crippen LogP contribution in [0, 0.1) is 5.92 Å². The summed E-state index contributed by atoms with van der Waals surface area (Å²) in [6.45, 7) is 5.08. The molecule has 1 atom stereocenters. The van der Waals surface area contributed by atoms with Gasteiger partial charge in [-0.15, -0.1) is 11.3 Å². The average molecular weight is 319 g/mol. The van der Waals surface area contributed by atoms with Gasteiger partial charge in [-0.1, -0.05) is 0 Å². The minimum Gasteiger partial charge on any atom is -0.381 e. The number of amides is 1. The summed E-state index contributed by atoms with van der Waals surface area (Å²) in [5, 5.41) is 0.564. The molecule has 0 aliphatic carbocycles. The highest BCUT2D eigenvalue weighted by Crippen LogP contribution is 2.23. The van der Waals surface area contributed by atoms with Gasteiger partial charge in [-0.05, 0) is 29.3 Å². The van der Waals surface area contributed by atoms with Crippen molar-refractivity contribution in [2.75, 3.05) is 26.3 Å². The maximum Gasteiger partial charge on any atom is 0.282 e. The number of hydrogen-bond donors (Lipinski definition) is 0. The molecule has 0 bridgehead atoms. The lowest BCUT2D eigenvalue weighted by atomic mass is 10.1. The lowest BCUT2D eigenvalue weighted by Gasteiger charge is -2.14. The van der Waals surface area contributed by atoms with Crippen LogP contribution in [0.4, 0.5) is 0 Å². The van der Waals surface area contributed by atoms with Crippen molar-refractivity contribution in [3.05, 3.63) is 15.0 Å². The summed E-state index contributed by atoms with van der Waals surface area (Å²) >= 11 is 4.71. The first-order valence-corrected chi connectivity index (χ1v) is 7.30. The predicted octanol–water partition coefficient (Wildman–Crippen LogP) is 2.40. The van der Waals surface area contributed by atoms with Crippen LogP contribution >= 0.6 is 27.3 Å². The van der Waals surface area contributed by atoms with Crippen molar-refractivity contribution < 1.29 is 9.53 Å². The van der Waals surface area contributed by atoms with Crippen LogP contribution in [0.15, 0.2) is 9.98 Å². The Labute approximate surface area is 113 Å². The smallest absolute Gasteiger partial charge is 0.282 e. The minimum atomic E-state index is 0.0414. The minimum absolute atomic E-state index is 0.0414. The number of carbonyl (C=O) groups excluding carboxylic acids is 1. The zero-order chi connectivity index (χ0) is 12.3. The second-order valence-corrected chi connectivity index (χ2v) is 6.44. The van der Waals surface area contributed by atoms with Crippen LogP contribution in [0.2, 0.25) is 0 Å². The first kappa shape index (κ1) is 13.0. The number of aromatic nitrogens is 1. The molecule has 2 heterocycles. The van der Waals surface area contributed by atoms with E-state index in [0.717, 1.165) is 36.5 Å². The molecule has 4 nitrogen and oxygen atoms in total. The molecular formula is C11H15BrN2O2S. The van der Waals surface area contributed by atoms with Crippen LogP contribution in [-0.4, -0.2) is 42.1 Å². The van der Waals surface area contributed by atoms with Crippen LogP contribution < -0.4 is 0 Å². The van der Waals surface area contributed by atoms with E-state index in [9.17, 15) is 4.79 Å². The third-order valence-electron chi connectivity index (χ3n) is 2.79. The van der Waals surface area contributed by atoms with Crippen molar-refractivity contribution in [1.29, 1.82) is 0 Å². The highest BCUT2D eigenvalue weighted by molar-refractivity contribution is 9.11. The Kier molecular flexibility index (Phi) is 4.53. The molecule has 1 aromatic heterocycles. The second kappa shape index (κ2) is 5.93. The standard InChI is InChI=1S/C11H15BrN2O2S/c1-2-16-7-8-3-4-14(6-8)11(15)10-13-5-9(12)17-10/h5,8H,2-4,6-7H2,1H3/t8-/m1/s1. The molecule has 0 saturated carbocycles. The number of halogens is 1. The number of ether oxygens (including phenoxy) is 1. The zero-order valence-corrected chi connectivity index (χ0v) is 12.1. The van der Waals surface area contributed by atoms with Crippen LogP contribution in [0.25, 0.3) is 0 Å². The molecule has 1 amide bonds. The van der Waals surface area contributed by atoms with Crippen molar-refractivity contribution in [3.8, 4) is 0 Å². The largest absolute Gasteiger partial charge is 0.381 e. The summed E-state index contributed by atoms with van der Waals surface area (Å²) in [4.78, 5) is 18.1. The number of rotatable bonds is 4. The maximum absolute atomic E-state index is 12.1. The van der Waals surface area contributed by atoms with Gasteiger partial charge in [-0.3, -0.25) is 4.79 Å². The van der Waals surface area contributed by atoms with Crippen molar-refractivity contribution >= 4 is 33.2 Å². The molecule has 1 fully saturated rings. The molecule has 0 spiro atoms. The molecule has 17 heavy (non-hydrogen) atoms. The molecule has 1 aliphatic heterocycles. The summed E-state index contributed by atoms with van der Waals surface area (Å²) in [7, 11) is 0. The van der Waals surface area contributed by atoms with Gasteiger partial charge in [0.15, 0.2) is 5.01 Å². The van der Waals surface area contributed by atoms with E-state index in [1.165, 1.54) is 11.3 Å². The molecular weight excluding hydrogens is 304 g/mol. The Hall–Kier alpha value is -0.460. The Bertz CT molecular complexity index is 397. The van der Waals surface area contributed by atoms with E-state index in [1.54, 1.807) is 6.20 Å². The summed E-state index contributed by atoms with van der Waals surface area (Å²) < 4.78 is 6.29. The van der Waals surface area contributed by atoms with Crippen molar-refractivity contribution in [3.63, 3.8) is 0 Å². The normalized spacial score (nSPS) is 19.9. The van der Waals surface area contributed by atoms with Gasteiger partial charge in [0, 0.05) is 25.6 Å². The molecule has 94 valence electrons. The Morgan fingerprint density at radius 1 is 1.76 bits per heavy atom. The average Bonchev–Trinajstić information content (AvgIpc) is 2.94. The lowest BCUT2D eigenvalue weighted by molar-refractivity contribution is 0.0762. The number of likely N-dealkylation sites (tertiary alicyclic amines) is 1. The molecule has 1 aromatic rings. The van der Waals surface area contributed by atoms with Crippen molar-refractivity contribution in [2.45, 2.75) is 13.3 Å². The van der Waals surface area contributed by atoms with Gasteiger partial charge in [0.1, 0.15) is 0 Å². The fourth-order valence-electron chi connectivity index (χ4n) is 1.93. The molecule has 0 radical (unpaired) electrons. The molecule has 0 aromatic carbocycles. The van der Waals surface area contributed by atoms with Gasteiger partial charge in [-0.2, -0.15) is 0 Å². The van der Waals surface area contributed by atoms with Gasteiger partial charge >= 0.3 is 0 Å². The molecule has 0 N–H and O–H groups in total. The number of nitrogens with zero attached hydrogens (tertiary/aromatic N) is 2. The van der Waals surface area contributed by atoms with E-state index in [2.05, 4.69) is 20.9 Å². The summed E-state index contributed by atoms with van der Waals surface area (Å²) in [6.07, 6.45) is 2.70. The van der Waals surface area contributed by atoms with E-state index >= 15 is 0 Å². The third-order valence-corrected chi connectivity index (χ3v) is 4.26. The second-order valence-electron chi connectivity index (χ2n) is 4.03. The summed E-state index contributed by atoms with van der Waals surface area (Å²) in [6, 6.07) is 0. The Morgan fingerprint density at radius 2 is 2.59 bits per heavy atom. The SMILES string of the molecule is CCOC[C@@H]1CCN(C(=O)c2ncc(Br)s2)C1. The van der Waals surface area contributed by atoms with E-state index in [4.69, 9.17) is 4.74 Å². The first-order chi connectivity index (χ1) is 8.20. The molecule has 1 aliphatic rings. The topological polar surface area (TPSA) is 42.4 Å². The first-order valence-electron chi connectivity index (χ1n) is 5.69. The van der Waals surface area contributed by atoms with Gasteiger partial charge in [0.25, 0.3) is 5.91 Å². The Morgan fingerprint density at radius 3 is 3.24 bits per heavy atom. The monoisotopic (exact) mass is 318 g/mol. The maximum atomic E-state index is 12.1. The predicted molar refractivity (Wildman–Crippen MR) is 70.3 cm³/mol. The third kappa shape index (κ3) is 3.26. The number of thiazole rings is 1. The zero-order valence-electron chi connectivity index (χ0n) is 9.69. The number of hydrogen-bond acceptors (Lipinski definition) is 4. The van der Waals surface area contributed by atoms with Crippen molar-refractivity contribution in [2.24, 2.45) is 5.92 Å². The molecule has 0 unspecified atom stereocenters. The fraction of sp³-hybridized carbons (Fsp3) is 0.636. The van der Waals surface area contributed by atoms with E-state index < -0.39 is 0 Å². The van der Waals surface area contributed by atoms with Crippen LogP contribution in [0.1, 0.15) is 23.1 Å². The van der Waals surface area contributed by atoms with Gasteiger partial charge in [-0.25, -0.2) is 4.98 Å². The van der Waals surface area contributed by atoms with Crippen molar-refractivity contribution in [1.82, 2.24) is 9.88 Å². The van der Waals surface area contributed by atoms with Gasteiger partial charge in [0.05, 0.1) is 16.6 Å². The molecule has 6 heteroatoms. The lowest BCUT2D eigenvalue weighted by Crippen LogP contribution is -2.29. The molecule has 1 saturated heterocycles. The van der Waals surface area contributed by atoms with E-state index in [-0.39, 0.29) is 5.91 Å². The molecule has 2 rings (SSSR count). The van der Waals surface area contributed by atoms with Crippen LogP contribution in [0.3, 0.4) is 0 Å². The van der Waals surface area contributed by atoms with Crippen LogP contribution in [-0.2, 0) is 4.74 Å². The van der Waals surface area contributed by atoms with Crippen LogP contribution in [0.5, 0.6) is 0 Å². The van der Waals surface area contributed by atoms with Gasteiger partial charge < -0.3 is 9.64 Å². The van der Waals surface area contributed by atoms with E-state index in [0.29, 0.717) is 10.9 Å². The van der Waals surface area contributed by atoms with E-state index in [1.807, 2.05) is 11.8 Å². The summed E-state index contributed by atoms with van der Waals surface area (Å²) in [5.41, 5.74) is 0.